The summed E-state index contributed by atoms with van der Waals surface area (Å²) in [5.41, 5.74) is 0.921. The zero-order chi connectivity index (χ0) is 14.7. The number of thiophene rings is 1. The normalized spacial score (nSPS) is 10.8. The summed E-state index contributed by atoms with van der Waals surface area (Å²) in [5.74, 6) is 0.916. The third-order valence-electron chi connectivity index (χ3n) is 2.85. The topological polar surface area (TPSA) is 62.7 Å². The van der Waals surface area contributed by atoms with Gasteiger partial charge in [-0.3, -0.25) is 0 Å². The Morgan fingerprint density at radius 3 is 2.86 bits per heavy atom. The standard InChI is InChI=1S/C14H14ClN5S/c1-2-6-16-13-18-12(15)19-14(20-13)17-10-3-4-11-9(8-10)5-7-21-11/h3-5,7-8H,2,6H2,1H3,(H2,16,17,18,19,20). The number of anilines is 3. The van der Waals surface area contributed by atoms with Crippen LogP contribution in [0.5, 0.6) is 0 Å². The molecule has 3 aromatic rings. The highest BCUT2D eigenvalue weighted by Crippen LogP contribution is 2.25. The molecular formula is C14H14ClN5S. The molecular weight excluding hydrogens is 306 g/mol. The Labute approximate surface area is 131 Å². The summed E-state index contributed by atoms with van der Waals surface area (Å²) in [7, 11) is 0. The molecule has 0 spiro atoms. The van der Waals surface area contributed by atoms with Gasteiger partial charge in [0.15, 0.2) is 0 Å². The quantitative estimate of drug-likeness (QED) is 0.734. The fourth-order valence-corrected chi connectivity index (χ4v) is 2.83. The van der Waals surface area contributed by atoms with Gasteiger partial charge < -0.3 is 10.6 Å². The first-order valence-corrected chi connectivity index (χ1v) is 7.90. The lowest BCUT2D eigenvalue weighted by Gasteiger charge is -2.08. The Bertz CT molecular complexity index is 758. The molecule has 0 unspecified atom stereocenters. The molecule has 0 saturated carbocycles. The largest absolute Gasteiger partial charge is 0.354 e. The molecule has 108 valence electrons. The van der Waals surface area contributed by atoms with Crippen LogP contribution in [0.15, 0.2) is 29.6 Å². The molecule has 7 heteroatoms. The summed E-state index contributed by atoms with van der Waals surface area (Å²) in [5, 5.41) is 9.69. The van der Waals surface area contributed by atoms with Crippen molar-refractivity contribution in [3.05, 3.63) is 34.9 Å². The third kappa shape index (κ3) is 3.40. The highest BCUT2D eigenvalue weighted by atomic mass is 35.5. The van der Waals surface area contributed by atoms with Crippen molar-refractivity contribution in [2.75, 3.05) is 17.2 Å². The average molecular weight is 320 g/mol. The molecule has 5 nitrogen and oxygen atoms in total. The van der Waals surface area contributed by atoms with Crippen molar-refractivity contribution in [3.8, 4) is 0 Å². The van der Waals surface area contributed by atoms with E-state index in [1.807, 2.05) is 6.07 Å². The van der Waals surface area contributed by atoms with Crippen LogP contribution in [0.1, 0.15) is 13.3 Å². The number of fused-ring (bicyclic) bond motifs is 1. The molecule has 0 aliphatic heterocycles. The Hall–Kier alpha value is -1.92. The Morgan fingerprint density at radius 2 is 2.00 bits per heavy atom. The molecule has 0 saturated heterocycles. The van der Waals surface area contributed by atoms with Gasteiger partial charge in [-0.1, -0.05) is 6.92 Å². The number of benzene rings is 1. The van der Waals surface area contributed by atoms with E-state index in [2.05, 4.69) is 56.1 Å². The van der Waals surface area contributed by atoms with Crippen LogP contribution < -0.4 is 10.6 Å². The van der Waals surface area contributed by atoms with Gasteiger partial charge in [0.25, 0.3) is 0 Å². The Kier molecular flexibility index (Phi) is 4.17. The molecule has 0 radical (unpaired) electrons. The lowest BCUT2D eigenvalue weighted by Crippen LogP contribution is -2.07. The minimum Gasteiger partial charge on any atom is -0.354 e. The average Bonchev–Trinajstić information content (AvgIpc) is 2.92. The van der Waals surface area contributed by atoms with Crippen molar-refractivity contribution >= 4 is 50.6 Å². The van der Waals surface area contributed by atoms with Gasteiger partial charge in [0.1, 0.15) is 0 Å². The molecule has 0 aliphatic carbocycles. The molecule has 0 aliphatic rings. The number of nitrogens with one attached hydrogen (secondary N) is 2. The third-order valence-corrected chi connectivity index (χ3v) is 3.92. The number of halogens is 1. The number of nitrogens with zero attached hydrogens (tertiary/aromatic N) is 3. The minimum atomic E-state index is 0.169. The van der Waals surface area contributed by atoms with E-state index < -0.39 is 0 Å². The molecule has 3 rings (SSSR count). The molecule has 0 amide bonds. The first-order chi connectivity index (χ1) is 10.2. The smallest absolute Gasteiger partial charge is 0.233 e. The lowest BCUT2D eigenvalue weighted by atomic mass is 10.2. The van der Waals surface area contributed by atoms with Crippen LogP contribution in [0.4, 0.5) is 17.6 Å². The van der Waals surface area contributed by atoms with Gasteiger partial charge in [0.2, 0.25) is 17.2 Å². The van der Waals surface area contributed by atoms with Crippen LogP contribution in [0.2, 0.25) is 5.28 Å². The highest BCUT2D eigenvalue weighted by Gasteiger charge is 2.05. The van der Waals surface area contributed by atoms with Crippen molar-refractivity contribution < 1.29 is 0 Å². The molecule has 2 N–H and O–H groups in total. The van der Waals surface area contributed by atoms with Crippen molar-refractivity contribution in [2.45, 2.75) is 13.3 Å². The van der Waals surface area contributed by atoms with Crippen LogP contribution in [0, 0.1) is 0 Å². The van der Waals surface area contributed by atoms with Gasteiger partial charge >= 0.3 is 0 Å². The fraction of sp³-hybridized carbons (Fsp3) is 0.214. The number of hydrogen-bond acceptors (Lipinski definition) is 6. The molecule has 0 atom stereocenters. The van der Waals surface area contributed by atoms with Gasteiger partial charge in [0, 0.05) is 16.9 Å². The number of aromatic nitrogens is 3. The summed E-state index contributed by atoms with van der Waals surface area (Å²) in [6.45, 7) is 2.87. The Morgan fingerprint density at radius 1 is 1.14 bits per heavy atom. The second kappa shape index (κ2) is 6.24. The molecule has 2 aromatic heterocycles. The van der Waals surface area contributed by atoms with Gasteiger partial charge in [-0.25, -0.2) is 0 Å². The van der Waals surface area contributed by atoms with E-state index in [1.165, 1.54) is 10.1 Å². The zero-order valence-electron chi connectivity index (χ0n) is 11.4. The monoisotopic (exact) mass is 319 g/mol. The second-order valence-corrected chi connectivity index (χ2v) is 5.76. The van der Waals surface area contributed by atoms with Crippen LogP contribution in [0.25, 0.3) is 10.1 Å². The van der Waals surface area contributed by atoms with Crippen LogP contribution in [-0.4, -0.2) is 21.5 Å². The van der Waals surface area contributed by atoms with Crippen LogP contribution >= 0.6 is 22.9 Å². The predicted octanol–water partition coefficient (Wildman–Crippen LogP) is 4.31. The summed E-state index contributed by atoms with van der Waals surface area (Å²) in [6, 6.07) is 8.21. The summed E-state index contributed by atoms with van der Waals surface area (Å²) >= 11 is 7.65. The predicted molar refractivity (Wildman–Crippen MR) is 88.7 cm³/mol. The van der Waals surface area contributed by atoms with Crippen LogP contribution in [-0.2, 0) is 0 Å². The van der Waals surface area contributed by atoms with E-state index >= 15 is 0 Å². The summed E-state index contributed by atoms with van der Waals surface area (Å²) in [4.78, 5) is 12.5. The molecule has 2 heterocycles. The van der Waals surface area contributed by atoms with E-state index in [0.29, 0.717) is 11.9 Å². The SMILES string of the molecule is CCCNc1nc(Cl)nc(Nc2ccc3sccc3c2)n1. The first kappa shape index (κ1) is 14.0. The number of rotatable bonds is 5. The van der Waals surface area contributed by atoms with E-state index in [4.69, 9.17) is 11.6 Å². The first-order valence-electron chi connectivity index (χ1n) is 6.64. The molecule has 0 fully saturated rings. The van der Waals surface area contributed by atoms with Crippen molar-refractivity contribution in [3.63, 3.8) is 0 Å². The van der Waals surface area contributed by atoms with Crippen LogP contribution in [0.3, 0.4) is 0 Å². The lowest BCUT2D eigenvalue weighted by molar-refractivity contribution is 0.940. The molecule has 1 aromatic carbocycles. The van der Waals surface area contributed by atoms with E-state index in [0.717, 1.165) is 18.7 Å². The fourth-order valence-electron chi connectivity index (χ4n) is 1.90. The second-order valence-electron chi connectivity index (χ2n) is 4.48. The molecule has 21 heavy (non-hydrogen) atoms. The van der Waals surface area contributed by atoms with E-state index in [9.17, 15) is 0 Å². The van der Waals surface area contributed by atoms with Crippen molar-refractivity contribution in [1.82, 2.24) is 15.0 Å². The van der Waals surface area contributed by atoms with Gasteiger partial charge in [-0.2, -0.15) is 15.0 Å². The zero-order valence-corrected chi connectivity index (χ0v) is 13.0. The van der Waals surface area contributed by atoms with E-state index in [-0.39, 0.29) is 5.28 Å². The number of hydrogen-bond donors (Lipinski definition) is 2. The maximum atomic E-state index is 5.93. The maximum Gasteiger partial charge on any atom is 0.233 e. The van der Waals surface area contributed by atoms with Crippen molar-refractivity contribution in [2.24, 2.45) is 0 Å². The Balaban J connectivity index is 1.84. The van der Waals surface area contributed by atoms with E-state index in [1.54, 1.807) is 11.3 Å². The maximum absolute atomic E-state index is 5.93. The highest BCUT2D eigenvalue weighted by molar-refractivity contribution is 7.17. The molecule has 0 bridgehead atoms. The van der Waals surface area contributed by atoms with Gasteiger partial charge in [-0.15, -0.1) is 11.3 Å². The van der Waals surface area contributed by atoms with Gasteiger partial charge in [-0.05, 0) is 53.1 Å². The summed E-state index contributed by atoms with van der Waals surface area (Å²) < 4.78 is 1.25. The summed E-state index contributed by atoms with van der Waals surface area (Å²) in [6.07, 6.45) is 0.987. The van der Waals surface area contributed by atoms with Gasteiger partial charge in [0.05, 0.1) is 0 Å². The minimum absolute atomic E-state index is 0.169. The van der Waals surface area contributed by atoms with Crippen molar-refractivity contribution in [1.29, 1.82) is 0 Å².